The summed E-state index contributed by atoms with van der Waals surface area (Å²) < 4.78 is 4.68. The molecule has 2 aromatic rings. The molecule has 1 amide bonds. The molecular formula is C14H20N6O2. The molecule has 1 aliphatic heterocycles. The molecular weight excluding hydrogens is 284 g/mol. The normalized spacial score (nSPS) is 19.2. The largest absolute Gasteiger partial charge is 0.364 e. The van der Waals surface area contributed by atoms with Gasteiger partial charge in [-0.05, 0) is 32.2 Å². The van der Waals surface area contributed by atoms with Crippen molar-refractivity contribution in [3.05, 3.63) is 29.7 Å². The first-order chi connectivity index (χ1) is 10.7. The van der Waals surface area contributed by atoms with E-state index in [0.29, 0.717) is 18.2 Å². The molecule has 1 fully saturated rings. The summed E-state index contributed by atoms with van der Waals surface area (Å²) in [6.07, 6.45) is 3.63. The number of piperidine rings is 1. The molecule has 3 heterocycles. The number of nitrogens with zero attached hydrogens (tertiary/aromatic N) is 4. The highest BCUT2D eigenvalue weighted by atomic mass is 16.5. The third-order valence-electron chi connectivity index (χ3n) is 3.83. The zero-order valence-corrected chi connectivity index (χ0v) is 12.6. The number of rotatable bonds is 5. The van der Waals surface area contributed by atoms with Crippen LogP contribution in [0.15, 0.2) is 16.9 Å². The van der Waals surface area contributed by atoms with Crippen molar-refractivity contribution in [2.24, 2.45) is 5.92 Å². The first-order valence-corrected chi connectivity index (χ1v) is 7.49. The van der Waals surface area contributed by atoms with Crippen LogP contribution >= 0.6 is 0 Å². The topological polar surface area (TPSA) is 99.9 Å². The summed E-state index contributed by atoms with van der Waals surface area (Å²) in [6, 6.07) is 1.56. The van der Waals surface area contributed by atoms with Crippen LogP contribution in [0.1, 0.15) is 35.0 Å². The molecule has 1 unspecified atom stereocenters. The molecule has 0 spiro atoms. The van der Waals surface area contributed by atoms with Crippen LogP contribution in [0, 0.1) is 12.8 Å². The number of aromatic nitrogens is 4. The Bertz CT molecular complexity index is 609. The number of hydrogen-bond acceptors (Lipinski definition) is 6. The van der Waals surface area contributed by atoms with Crippen LogP contribution in [-0.4, -0.2) is 50.8 Å². The number of likely N-dealkylation sites (tertiary alicyclic amines) is 1. The average Bonchev–Trinajstić information content (AvgIpc) is 3.17. The lowest BCUT2D eigenvalue weighted by Gasteiger charge is -2.31. The van der Waals surface area contributed by atoms with Gasteiger partial charge in [-0.2, -0.15) is 5.10 Å². The minimum Gasteiger partial charge on any atom is -0.364 e. The smallest absolute Gasteiger partial charge is 0.273 e. The van der Waals surface area contributed by atoms with Crippen LogP contribution < -0.4 is 5.32 Å². The second-order valence-electron chi connectivity index (χ2n) is 5.68. The lowest BCUT2D eigenvalue weighted by molar-refractivity contribution is 0.0921. The lowest BCUT2D eigenvalue weighted by atomic mass is 9.98. The lowest BCUT2D eigenvalue weighted by Crippen LogP contribution is -2.40. The van der Waals surface area contributed by atoms with E-state index in [9.17, 15) is 4.79 Å². The number of hydrogen-bond donors (Lipinski definition) is 2. The highest BCUT2D eigenvalue weighted by Crippen LogP contribution is 2.17. The van der Waals surface area contributed by atoms with Gasteiger partial charge in [0.25, 0.3) is 5.91 Å². The summed E-state index contributed by atoms with van der Waals surface area (Å²) in [5.74, 6) is 1.91. The Morgan fingerprint density at radius 2 is 2.50 bits per heavy atom. The Hall–Kier alpha value is -2.22. The molecule has 22 heavy (non-hydrogen) atoms. The van der Waals surface area contributed by atoms with Gasteiger partial charge in [-0.25, -0.2) is 4.98 Å². The molecule has 0 aromatic carbocycles. The van der Waals surface area contributed by atoms with Gasteiger partial charge in [-0.15, -0.1) is 0 Å². The van der Waals surface area contributed by atoms with Gasteiger partial charge in [0, 0.05) is 19.2 Å². The predicted octanol–water partition coefficient (Wildman–Crippen LogP) is 0.743. The number of aryl methyl sites for hydroxylation is 1. The van der Waals surface area contributed by atoms with Crippen LogP contribution in [0.25, 0.3) is 0 Å². The highest BCUT2D eigenvalue weighted by molar-refractivity contribution is 5.91. The molecule has 118 valence electrons. The monoisotopic (exact) mass is 304 g/mol. The van der Waals surface area contributed by atoms with Gasteiger partial charge >= 0.3 is 0 Å². The predicted molar refractivity (Wildman–Crippen MR) is 78.0 cm³/mol. The number of aromatic amines is 1. The summed E-state index contributed by atoms with van der Waals surface area (Å²) in [4.78, 5) is 18.5. The number of carbonyl (C=O) groups is 1. The van der Waals surface area contributed by atoms with E-state index < -0.39 is 0 Å². The molecule has 0 bridgehead atoms. The minimum absolute atomic E-state index is 0.185. The van der Waals surface area contributed by atoms with Crippen LogP contribution in [0.2, 0.25) is 0 Å². The number of carbonyl (C=O) groups excluding carboxylic acids is 1. The maximum Gasteiger partial charge on any atom is 0.273 e. The molecule has 1 atom stereocenters. The van der Waals surface area contributed by atoms with Crippen molar-refractivity contribution in [3.8, 4) is 0 Å². The van der Waals surface area contributed by atoms with Crippen molar-refractivity contribution in [2.75, 3.05) is 19.6 Å². The fourth-order valence-electron chi connectivity index (χ4n) is 2.78. The maximum atomic E-state index is 11.9. The second kappa shape index (κ2) is 6.69. The fourth-order valence-corrected chi connectivity index (χ4v) is 2.78. The van der Waals surface area contributed by atoms with Crippen LogP contribution in [0.3, 0.4) is 0 Å². The van der Waals surface area contributed by atoms with Crippen molar-refractivity contribution < 1.29 is 9.32 Å². The Kier molecular flexibility index (Phi) is 4.47. The maximum absolute atomic E-state index is 11.9. The standard InChI is InChI=1S/C14H20N6O2/c1-10-16-13(18-17-10)9-20-5-2-3-11(8-20)7-15-14(21)12-4-6-22-19-12/h4,6,11H,2-3,5,7-9H2,1H3,(H,15,21)(H,16,17,18). The van der Waals surface area contributed by atoms with E-state index in [4.69, 9.17) is 0 Å². The molecule has 0 radical (unpaired) electrons. The number of H-pyrrole nitrogens is 1. The molecule has 1 aliphatic rings. The molecule has 0 saturated carbocycles. The fraction of sp³-hybridized carbons (Fsp3) is 0.571. The molecule has 0 aliphatic carbocycles. The highest BCUT2D eigenvalue weighted by Gasteiger charge is 2.22. The van der Waals surface area contributed by atoms with Gasteiger partial charge in [0.05, 0.1) is 6.54 Å². The van der Waals surface area contributed by atoms with E-state index >= 15 is 0 Å². The molecule has 2 N–H and O–H groups in total. The van der Waals surface area contributed by atoms with E-state index in [1.54, 1.807) is 6.07 Å². The van der Waals surface area contributed by atoms with E-state index in [2.05, 4.69) is 35.1 Å². The van der Waals surface area contributed by atoms with Gasteiger partial charge < -0.3 is 9.84 Å². The number of nitrogens with one attached hydrogen (secondary N) is 2. The summed E-state index contributed by atoms with van der Waals surface area (Å²) in [7, 11) is 0. The van der Waals surface area contributed by atoms with Crippen LogP contribution in [0.4, 0.5) is 0 Å². The van der Waals surface area contributed by atoms with Gasteiger partial charge in [0.1, 0.15) is 12.1 Å². The van der Waals surface area contributed by atoms with Crippen LogP contribution in [0.5, 0.6) is 0 Å². The zero-order chi connectivity index (χ0) is 15.4. The Morgan fingerprint density at radius 3 is 3.23 bits per heavy atom. The summed E-state index contributed by atoms with van der Waals surface area (Å²) in [5, 5.41) is 13.6. The van der Waals surface area contributed by atoms with Crippen molar-refractivity contribution in [1.82, 2.24) is 30.6 Å². The molecule has 8 heteroatoms. The van der Waals surface area contributed by atoms with Crippen LogP contribution in [-0.2, 0) is 6.54 Å². The van der Waals surface area contributed by atoms with Gasteiger partial charge in [-0.1, -0.05) is 5.16 Å². The quantitative estimate of drug-likeness (QED) is 0.845. The summed E-state index contributed by atoms with van der Waals surface area (Å²) in [6.45, 7) is 5.27. The zero-order valence-electron chi connectivity index (χ0n) is 12.6. The summed E-state index contributed by atoms with van der Waals surface area (Å²) >= 11 is 0. The Balaban J connectivity index is 1.47. The molecule has 3 rings (SSSR count). The van der Waals surface area contributed by atoms with Gasteiger partial charge in [0.15, 0.2) is 11.5 Å². The van der Waals surface area contributed by atoms with Crippen molar-refractivity contribution >= 4 is 5.91 Å². The Morgan fingerprint density at radius 1 is 1.59 bits per heavy atom. The first-order valence-electron chi connectivity index (χ1n) is 7.49. The van der Waals surface area contributed by atoms with E-state index in [1.165, 1.54) is 6.26 Å². The molecule has 8 nitrogen and oxygen atoms in total. The third-order valence-corrected chi connectivity index (χ3v) is 3.83. The Labute approximate surface area is 128 Å². The number of amides is 1. The SMILES string of the molecule is Cc1nc(CN2CCCC(CNC(=O)c3ccon3)C2)n[nH]1. The van der Waals surface area contributed by atoms with E-state index in [-0.39, 0.29) is 5.91 Å². The van der Waals surface area contributed by atoms with Gasteiger partial charge in [0.2, 0.25) is 0 Å². The second-order valence-corrected chi connectivity index (χ2v) is 5.68. The first kappa shape index (κ1) is 14.7. The third kappa shape index (κ3) is 3.70. The minimum atomic E-state index is -0.185. The molecule has 1 saturated heterocycles. The van der Waals surface area contributed by atoms with E-state index in [0.717, 1.165) is 44.1 Å². The van der Waals surface area contributed by atoms with Crippen molar-refractivity contribution in [1.29, 1.82) is 0 Å². The van der Waals surface area contributed by atoms with E-state index in [1.807, 2.05) is 6.92 Å². The van der Waals surface area contributed by atoms with Crippen molar-refractivity contribution in [3.63, 3.8) is 0 Å². The van der Waals surface area contributed by atoms with Crippen molar-refractivity contribution in [2.45, 2.75) is 26.3 Å². The average molecular weight is 304 g/mol. The summed E-state index contributed by atoms with van der Waals surface area (Å²) in [5.41, 5.74) is 0.323. The van der Waals surface area contributed by atoms with Gasteiger partial charge in [-0.3, -0.25) is 14.8 Å². The molecule has 2 aromatic heterocycles.